The second-order valence-corrected chi connectivity index (χ2v) is 7.71. The third kappa shape index (κ3) is 4.53. The number of benzene rings is 1. The number of aromatic nitrogens is 4. The maximum absolute atomic E-state index is 12.8. The van der Waals surface area contributed by atoms with Crippen molar-refractivity contribution in [3.63, 3.8) is 0 Å². The molecule has 0 atom stereocenters. The summed E-state index contributed by atoms with van der Waals surface area (Å²) in [6, 6.07) is 8.89. The molecule has 30 heavy (non-hydrogen) atoms. The van der Waals surface area contributed by atoms with Gasteiger partial charge in [0.15, 0.2) is 16.8 Å². The van der Waals surface area contributed by atoms with Gasteiger partial charge in [0, 0.05) is 24.0 Å². The average molecular weight is 438 g/mol. The molecule has 2 aromatic heterocycles. The van der Waals surface area contributed by atoms with Gasteiger partial charge in [-0.2, -0.15) is 13.2 Å². The van der Waals surface area contributed by atoms with Crippen LogP contribution in [-0.4, -0.2) is 44.2 Å². The smallest absolute Gasteiger partial charge is 0.406 e. The molecule has 0 fully saturated rings. The molecule has 0 aliphatic heterocycles. The quantitative estimate of drug-likeness (QED) is 0.403. The van der Waals surface area contributed by atoms with Crippen molar-refractivity contribution in [2.24, 2.45) is 7.05 Å². The van der Waals surface area contributed by atoms with E-state index >= 15 is 0 Å². The monoisotopic (exact) mass is 438 g/mol. The molecule has 1 aromatic carbocycles. The lowest BCUT2D eigenvalue weighted by Gasteiger charge is -2.12. The zero-order chi connectivity index (χ0) is 22.1. The molecule has 0 saturated carbocycles. The zero-order valence-electron chi connectivity index (χ0n) is 16.9. The summed E-state index contributed by atoms with van der Waals surface area (Å²) in [6.07, 6.45) is -4.35. The number of nitrogens with zero attached hydrogens (tertiary/aromatic N) is 4. The highest BCUT2D eigenvalue weighted by atomic mass is 32.2. The van der Waals surface area contributed by atoms with Gasteiger partial charge in [-0.15, -0.1) is 10.2 Å². The van der Waals surface area contributed by atoms with Crippen molar-refractivity contribution in [1.29, 1.82) is 0 Å². The number of rotatable bonds is 7. The first-order chi connectivity index (χ1) is 14.1. The lowest BCUT2D eigenvalue weighted by molar-refractivity contribution is -0.141. The van der Waals surface area contributed by atoms with Crippen LogP contribution >= 0.6 is 11.8 Å². The molecule has 0 bridgehead atoms. The summed E-state index contributed by atoms with van der Waals surface area (Å²) in [7, 11) is 3.35. The molecular weight excluding hydrogens is 417 g/mol. The van der Waals surface area contributed by atoms with Gasteiger partial charge in [-0.05, 0) is 32.0 Å². The van der Waals surface area contributed by atoms with Crippen LogP contribution in [0.5, 0.6) is 5.75 Å². The fourth-order valence-corrected chi connectivity index (χ4v) is 4.01. The summed E-state index contributed by atoms with van der Waals surface area (Å²) in [5.74, 6) is 1.01. The van der Waals surface area contributed by atoms with E-state index in [1.165, 1.54) is 24.8 Å². The lowest BCUT2D eigenvalue weighted by Crippen LogP contribution is -2.19. The van der Waals surface area contributed by atoms with Gasteiger partial charge in [-0.25, -0.2) is 0 Å². The summed E-state index contributed by atoms with van der Waals surface area (Å²) < 4.78 is 46.6. The number of hydrogen-bond acceptors (Lipinski definition) is 5. The lowest BCUT2D eigenvalue weighted by atomic mass is 10.2. The minimum Gasteiger partial charge on any atom is -0.496 e. The molecule has 0 N–H and O–H groups in total. The van der Waals surface area contributed by atoms with Crippen LogP contribution in [0.25, 0.3) is 11.4 Å². The Balaban J connectivity index is 1.76. The predicted octanol–water partition coefficient (Wildman–Crippen LogP) is 4.45. The number of ether oxygens (including phenoxy) is 1. The molecule has 0 spiro atoms. The molecule has 6 nitrogen and oxygen atoms in total. The molecular formula is C20H21F3N4O2S. The van der Waals surface area contributed by atoms with Crippen LogP contribution in [0.1, 0.15) is 21.7 Å². The van der Waals surface area contributed by atoms with E-state index in [0.717, 1.165) is 10.1 Å². The Morgan fingerprint density at radius 3 is 2.57 bits per heavy atom. The number of carbonyl (C=O) groups is 1. The standard InChI is InChI=1S/C20H21F3N4O2S/c1-12-9-15(13(2)27(12)11-20(21,22)23)16(28)10-30-19-25-24-18(26(19)3)14-7-5-6-8-17(14)29-4/h5-9H,10-11H2,1-4H3. The van der Waals surface area contributed by atoms with Gasteiger partial charge in [-0.1, -0.05) is 23.9 Å². The Kier molecular flexibility index (Phi) is 6.25. The third-order valence-electron chi connectivity index (χ3n) is 4.73. The molecule has 0 radical (unpaired) electrons. The first-order valence-electron chi connectivity index (χ1n) is 9.04. The summed E-state index contributed by atoms with van der Waals surface area (Å²) in [5, 5.41) is 8.86. The number of ketones is 1. The van der Waals surface area contributed by atoms with Gasteiger partial charge < -0.3 is 13.9 Å². The number of thioether (sulfide) groups is 1. The Labute approximate surface area is 176 Å². The van der Waals surface area contributed by atoms with Gasteiger partial charge in [-0.3, -0.25) is 4.79 Å². The van der Waals surface area contributed by atoms with E-state index in [4.69, 9.17) is 4.74 Å². The van der Waals surface area contributed by atoms with Crippen LogP contribution in [0, 0.1) is 13.8 Å². The molecule has 0 aliphatic rings. The van der Waals surface area contributed by atoms with E-state index in [1.54, 1.807) is 25.6 Å². The van der Waals surface area contributed by atoms with Crippen molar-refractivity contribution in [3.8, 4) is 17.1 Å². The van der Waals surface area contributed by atoms with Crippen LogP contribution in [0.2, 0.25) is 0 Å². The van der Waals surface area contributed by atoms with Crippen LogP contribution in [0.4, 0.5) is 13.2 Å². The molecule has 3 aromatic rings. The predicted molar refractivity (Wildman–Crippen MR) is 108 cm³/mol. The average Bonchev–Trinajstić information content (AvgIpc) is 3.19. The van der Waals surface area contributed by atoms with E-state index in [0.29, 0.717) is 28.1 Å². The highest BCUT2D eigenvalue weighted by molar-refractivity contribution is 7.99. The molecule has 3 rings (SSSR count). The zero-order valence-corrected chi connectivity index (χ0v) is 17.8. The van der Waals surface area contributed by atoms with E-state index in [9.17, 15) is 18.0 Å². The number of para-hydroxylation sites is 1. The van der Waals surface area contributed by atoms with Crippen LogP contribution in [0.15, 0.2) is 35.5 Å². The minimum atomic E-state index is -4.35. The Morgan fingerprint density at radius 1 is 1.20 bits per heavy atom. The van der Waals surface area contributed by atoms with E-state index in [-0.39, 0.29) is 17.1 Å². The minimum absolute atomic E-state index is 0.0359. The van der Waals surface area contributed by atoms with Gasteiger partial charge in [0.05, 0.1) is 18.4 Å². The second kappa shape index (κ2) is 8.55. The van der Waals surface area contributed by atoms with Crippen molar-refractivity contribution in [1.82, 2.24) is 19.3 Å². The first kappa shape index (κ1) is 21.9. The van der Waals surface area contributed by atoms with Gasteiger partial charge in [0.2, 0.25) is 0 Å². The molecule has 160 valence electrons. The van der Waals surface area contributed by atoms with Crippen LogP contribution < -0.4 is 4.74 Å². The molecule has 0 unspecified atom stereocenters. The van der Waals surface area contributed by atoms with Crippen molar-refractivity contribution < 1.29 is 22.7 Å². The van der Waals surface area contributed by atoms with Crippen molar-refractivity contribution >= 4 is 17.5 Å². The Hall–Kier alpha value is -2.75. The fraction of sp³-hybridized carbons (Fsp3) is 0.350. The van der Waals surface area contributed by atoms with Crippen molar-refractivity contribution in [3.05, 3.63) is 47.3 Å². The number of Topliss-reactive ketones (excluding diaryl/α,β-unsaturated/α-hetero) is 1. The normalized spacial score (nSPS) is 11.7. The maximum atomic E-state index is 12.8. The van der Waals surface area contributed by atoms with Crippen molar-refractivity contribution in [2.45, 2.75) is 31.7 Å². The van der Waals surface area contributed by atoms with E-state index in [2.05, 4.69) is 10.2 Å². The highest BCUT2D eigenvalue weighted by Crippen LogP contribution is 2.30. The number of hydrogen-bond donors (Lipinski definition) is 0. The second-order valence-electron chi connectivity index (χ2n) is 6.76. The Morgan fingerprint density at radius 2 is 1.90 bits per heavy atom. The Bertz CT molecular complexity index is 1070. The fourth-order valence-electron chi connectivity index (χ4n) is 3.22. The summed E-state index contributed by atoms with van der Waals surface area (Å²) >= 11 is 1.18. The van der Waals surface area contributed by atoms with Gasteiger partial charge >= 0.3 is 6.18 Å². The van der Waals surface area contributed by atoms with Crippen molar-refractivity contribution in [2.75, 3.05) is 12.9 Å². The first-order valence-corrected chi connectivity index (χ1v) is 10.0. The molecule has 0 saturated heterocycles. The third-order valence-corrected chi connectivity index (χ3v) is 5.75. The summed E-state index contributed by atoms with van der Waals surface area (Å²) in [4.78, 5) is 12.7. The van der Waals surface area contributed by atoms with Crippen LogP contribution in [0.3, 0.4) is 0 Å². The summed E-state index contributed by atoms with van der Waals surface area (Å²) in [6.45, 7) is 1.97. The van der Waals surface area contributed by atoms with Gasteiger partial charge in [0.25, 0.3) is 0 Å². The number of methoxy groups -OCH3 is 1. The largest absolute Gasteiger partial charge is 0.496 e. The van der Waals surface area contributed by atoms with E-state index < -0.39 is 12.7 Å². The molecule has 10 heteroatoms. The molecule has 0 aliphatic carbocycles. The highest BCUT2D eigenvalue weighted by Gasteiger charge is 2.30. The maximum Gasteiger partial charge on any atom is 0.406 e. The SMILES string of the molecule is COc1ccccc1-c1nnc(SCC(=O)c2cc(C)n(CC(F)(F)F)c2C)n1C. The molecule has 2 heterocycles. The van der Waals surface area contributed by atoms with Crippen LogP contribution in [-0.2, 0) is 13.6 Å². The van der Waals surface area contributed by atoms with Gasteiger partial charge in [0.1, 0.15) is 12.3 Å². The number of carbonyl (C=O) groups excluding carboxylic acids is 1. The summed E-state index contributed by atoms with van der Waals surface area (Å²) in [5.41, 5.74) is 1.76. The number of halogens is 3. The molecule has 0 amide bonds. The number of alkyl halides is 3. The topological polar surface area (TPSA) is 61.9 Å². The van der Waals surface area contributed by atoms with E-state index in [1.807, 2.05) is 24.3 Å². The number of aryl methyl sites for hydroxylation is 1.